The summed E-state index contributed by atoms with van der Waals surface area (Å²) in [5.41, 5.74) is 0. The molecule has 0 aromatic rings. The molecule has 0 heterocycles. The van der Waals surface area contributed by atoms with Gasteiger partial charge in [-0.15, -0.1) is 0 Å². The van der Waals surface area contributed by atoms with E-state index in [0.29, 0.717) is 0 Å². The van der Waals surface area contributed by atoms with Crippen molar-refractivity contribution in [3.8, 4) is 0 Å². The second kappa shape index (κ2) is 6.34. The summed E-state index contributed by atoms with van der Waals surface area (Å²) in [5, 5.41) is -2.05. The van der Waals surface area contributed by atoms with Gasteiger partial charge in [0.25, 0.3) is 5.12 Å². The van der Waals surface area contributed by atoms with Crippen LogP contribution in [0.25, 0.3) is 0 Å². The van der Waals surface area contributed by atoms with Crippen molar-refractivity contribution in [1.82, 2.24) is 0 Å². The van der Waals surface area contributed by atoms with Crippen LogP contribution in [0.2, 0.25) is 0 Å². The molecule has 0 aliphatic rings. The Morgan fingerprint density at radius 3 is 1.69 bits per heavy atom. The number of rotatable bonds is 5. The van der Waals surface area contributed by atoms with Crippen LogP contribution >= 0.6 is 0 Å². The van der Waals surface area contributed by atoms with Gasteiger partial charge in [0.15, 0.2) is 10.1 Å². The Labute approximate surface area is 101 Å². The van der Waals surface area contributed by atoms with Gasteiger partial charge in [-0.05, 0) is 13.8 Å². The van der Waals surface area contributed by atoms with Crippen molar-refractivity contribution in [3.05, 3.63) is 0 Å². The van der Waals surface area contributed by atoms with Crippen molar-refractivity contribution in [3.63, 3.8) is 0 Å². The minimum absolute atomic E-state index is 0. The van der Waals surface area contributed by atoms with Gasteiger partial charge >= 0.3 is 29.6 Å². The van der Waals surface area contributed by atoms with Gasteiger partial charge < -0.3 is 14.0 Å². The van der Waals surface area contributed by atoms with Crippen molar-refractivity contribution in [2.45, 2.75) is 25.9 Å². The molecule has 0 radical (unpaired) electrons. The maximum absolute atomic E-state index is 10.6. The van der Waals surface area contributed by atoms with Crippen LogP contribution in [0.3, 0.4) is 0 Å². The Kier molecular flexibility index (Phi) is 7.93. The second-order valence-corrected chi connectivity index (χ2v) is 3.83. The van der Waals surface area contributed by atoms with Gasteiger partial charge in [0.05, 0.1) is 0 Å². The van der Waals surface area contributed by atoms with E-state index in [4.69, 9.17) is 9.47 Å². The fraction of sp³-hybridized carbons (Fsp3) is 1.00. The molecule has 7 heteroatoms. The van der Waals surface area contributed by atoms with Crippen molar-refractivity contribution >= 4 is 10.1 Å². The van der Waals surface area contributed by atoms with Gasteiger partial charge in [-0.2, -0.15) is 0 Å². The van der Waals surface area contributed by atoms with Gasteiger partial charge in [0.1, 0.15) is 0 Å². The first-order valence-electron chi connectivity index (χ1n) is 3.60. The van der Waals surface area contributed by atoms with E-state index in [-0.39, 0.29) is 42.8 Å². The third kappa shape index (κ3) is 4.73. The Morgan fingerprint density at radius 2 is 1.54 bits per heavy atom. The van der Waals surface area contributed by atoms with Crippen LogP contribution in [0, 0.1) is 0 Å². The van der Waals surface area contributed by atoms with E-state index in [1.165, 1.54) is 0 Å². The van der Waals surface area contributed by atoms with Crippen LogP contribution in [0.4, 0.5) is 0 Å². The summed E-state index contributed by atoms with van der Waals surface area (Å²) in [7, 11) is -4.58. The second-order valence-electron chi connectivity index (χ2n) is 2.18. The Balaban J connectivity index is 0. The summed E-state index contributed by atoms with van der Waals surface area (Å²) in [6.45, 7) is 4.49. The standard InChI is InChI=1S/C6H14O5S.Na/c1-4-10-6(3,11-5-2)12(7,8)9;/h4-5H2,1-3H3,(H,7,8,9);/q;+1/p-1. The molecule has 0 fully saturated rings. The normalized spacial score (nSPS) is 12.3. The van der Waals surface area contributed by atoms with Crippen LogP contribution < -0.4 is 29.6 Å². The first-order valence-corrected chi connectivity index (χ1v) is 5.01. The predicted octanol–water partition coefficient (Wildman–Crippen LogP) is -2.72. The van der Waals surface area contributed by atoms with Gasteiger partial charge in [-0.3, -0.25) is 0 Å². The van der Waals surface area contributed by atoms with Crippen LogP contribution in [-0.4, -0.2) is 31.3 Å². The quantitative estimate of drug-likeness (QED) is 0.286. The summed E-state index contributed by atoms with van der Waals surface area (Å²) in [6, 6.07) is 0. The SMILES string of the molecule is CCOC(C)(OCC)S(=O)(=O)[O-].[Na+]. The minimum Gasteiger partial charge on any atom is -0.744 e. The number of hydrogen-bond acceptors (Lipinski definition) is 5. The molecule has 0 aliphatic carbocycles. The summed E-state index contributed by atoms with van der Waals surface area (Å²) >= 11 is 0. The summed E-state index contributed by atoms with van der Waals surface area (Å²) < 4.78 is 41.3. The Hall–Kier alpha value is 0.830. The first-order chi connectivity index (χ1) is 5.37. The molecular formula is C6H13NaO5S. The molecule has 74 valence electrons. The van der Waals surface area contributed by atoms with Crippen molar-refractivity contribution in [1.29, 1.82) is 0 Å². The maximum atomic E-state index is 10.6. The maximum Gasteiger partial charge on any atom is 1.00 e. The Bertz CT molecular complexity index is 219. The number of hydrogen-bond donors (Lipinski definition) is 0. The molecule has 5 nitrogen and oxygen atoms in total. The molecule has 0 spiro atoms. The fourth-order valence-electron chi connectivity index (χ4n) is 0.710. The fourth-order valence-corrected chi connectivity index (χ4v) is 1.23. The molecule has 13 heavy (non-hydrogen) atoms. The summed E-state index contributed by atoms with van der Waals surface area (Å²) in [6.07, 6.45) is 0. The van der Waals surface area contributed by atoms with Gasteiger partial charge in [0, 0.05) is 20.1 Å². The summed E-state index contributed by atoms with van der Waals surface area (Å²) in [4.78, 5) is 0. The largest absolute Gasteiger partial charge is 1.00 e. The molecule has 0 aliphatic heterocycles. The molecule has 0 atom stereocenters. The van der Waals surface area contributed by atoms with E-state index in [9.17, 15) is 13.0 Å². The van der Waals surface area contributed by atoms with E-state index in [1.54, 1.807) is 13.8 Å². The van der Waals surface area contributed by atoms with Crippen LogP contribution in [0.1, 0.15) is 20.8 Å². The molecular weight excluding hydrogens is 207 g/mol. The number of ether oxygens (including phenoxy) is 2. The third-order valence-electron chi connectivity index (χ3n) is 1.27. The van der Waals surface area contributed by atoms with Crippen molar-refractivity contribution < 1.29 is 52.0 Å². The monoisotopic (exact) mass is 220 g/mol. The molecule has 0 amide bonds. The zero-order valence-electron chi connectivity index (χ0n) is 8.36. The average Bonchev–Trinajstić information content (AvgIpc) is 1.86. The average molecular weight is 220 g/mol. The summed E-state index contributed by atoms with van der Waals surface area (Å²) in [5.74, 6) is 0. The smallest absolute Gasteiger partial charge is 0.744 e. The topological polar surface area (TPSA) is 75.7 Å². The van der Waals surface area contributed by atoms with Gasteiger partial charge in [-0.25, -0.2) is 8.42 Å². The molecule has 0 unspecified atom stereocenters. The third-order valence-corrected chi connectivity index (χ3v) is 2.41. The molecule has 0 aromatic heterocycles. The molecule has 0 saturated heterocycles. The van der Waals surface area contributed by atoms with E-state index < -0.39 is 15.2 Å². The van der Waals surface area contributed by atoms with Crippen molar-refractivity contribution in [2.75, 3.05) is 13.2 Å². The van der Waals surface area contributed by atoms with Crippen LogP contribution in [0.15, 0.2) is 0 Å². The van der Waals surface area contributed by atoms with Crippen LogP contribution in [-0.2, 0) is 19.6 Å². The predicted molar refractivity (Wildman–Crippen MR) is 41.4 cm³/mol. The zero-order chi connectivity index (χ0) is 9.83. The molecule has 0 N–H and O–H groups in total. The van der Waals surface area contributed by atoms with Gasteiger partial charge in [0.2, 0.25) is 0 Å². The minimum atomic E-state index is -4.58. The van der Waals surface area contributed by atoms with Crippen LogP contribution in [0.5, 0.6) is 0 Å². The molecule has 0 bridgehead atoms. The molecule has 0 aromatic carbocycles. The van der Waals surface area contributed by atoms with E-state index in [1.807, 2.05) is 0 Å². The van der Waals surface area contributed by atoms with E-state index in [2.05, 4.69) is 0 Å². The van der Waals surface area contributed by atoms with Gasteiger partial charge in [-0.1, -0.05) is 0 Å². The zero-order valence-corrected chi connectivity index (χ0v) is 11.2. The first kappa shape index (κ1) is 16.3. The molecule has 0 saturated carbocycles. The van der Waals surface area contributed by atoms with E-state index >= 15 is 0 Å². The van der Waals surface area contributed by atoms with Crippen molar-refractivity contribution in [2.24, 2.45) is 0 Å². The Morgan fingerprint density at radius 1 is 1.23 bits per heavy atom. The molecule has 0 rings (SSSR count). The van der Waals surface area contributed by atoms with E-state index in [0.717, 1.165) is 6.92 Å².